The van der Waals surface area contributed by atoms with Crippen molar-refractivity contribution in [3.05, 3.63) is 198 Å². The number of methoxy groups -OCH3 is 2. The van der Waals surface area contributed by atoms with E-state index in [0.717, 1.165) is 60.0 Å². The van der Waals surface area contributed by atoms with E-state index in [-0.39, 0.29) is 90.4 Å². The van der Waals surface area contributed by atoms with E-state index in [2.05, 4.69) is 6.92 Å². The first-order valence-corrected chi connectivity index (χ1v) is 35.8. The fourth-order valence-electron chi connectivity index (χ4n) is 12.8. The molecule has 4 N–H and O–H groups in total. The van der Waals surface area contributed by atoms with Crippen molar-refractivity contribution in [2.75, 3.05) is 65.3 Å². The first kappa shape index (κ1) is 82.1. The molecule has 26 nitrogen and oxygen atoms in total. The molecule has 0 radical (unpaired) electrons. The Morgan fingerprint density at radius 1 is 0.434 bits per heavy atom. The third kappa shape index (κ3) is 21.5. The van der Waals surface area contributed by atoms with E-state index in [9.17, 15) is 49.0 Å². The number of aryl methyl sites for hydroxylation is 2. The Morgan fingerprint density at radius 3 is 1.08 bits per heavy atom. The molecule has 4 unspecified atom stereocenters. The van der Waals surface area contributed by atoms with Crippen molar-refractivity contribution in [1.82, 2.24) is 19.6 Å². The fraction of sp³-hybridized carbons (Fsp3) is 0.425. The molecule has 568 valence electrons. The van der Waals surface area contributed by atoms with Crippen LogP contribution in [0.3, 0.4) is 0 Å². The second-order valence-electron chi connectivity index (χ2n) is 26.0. The van der Waals surface area contributed by atoms with E-state index in [4.69, 9.17) is 49.4 Å². The van der Waals surface area contributed by atoms with Crippen molar-refractivity contribution in [3.8, 4) is 34.5 Å². The molecule has 0 bridgehead atoms. The van der Waals surface area contributed by atoms with Crippen LogP contribution < -0.4 is 39.9 Å². The second-order valence-corrected chi connectivity index (χ2v) is 26.0. The molecule has 0 aliphatic carbocycles. The highest BCUT2D eigenvalue weighted by Crippen LogP contribution is 2.40. The lowest BCUT2D eigenvalue weighted by Crippen LogP contribution is -2.37. The molecule has 0 saturated carbocycles. The van der Waals surface area contributed by atoms with Gasteiger partial charge >= 0.3 is 11.9 Å². The Kier molecular flexibility index (Phi) is 30.7. The van der Waals surface area contributed by atoms with E-state index in [1.165, 1.54) is 50.1 Å². The Bertz CT molecular complexity index is 4150. The Hall–Kier alpha value is -11.2. The molecule has 4 aliphatic heterocycles. The summed E-state index contributed by atoms with van der Waals surface area (Å²) in [7, 11) is 2.94. The van der Waals surface area contributed by atoms with Gasteiger partial charge in [-0.25, -0.2) is 0 Å². The number of nitrogens with two attached hydrogens (primary N) is 2. The summed E-state index contributed by atoms with van der Waals surface area (Å²) in [5, 5.41) is 24.2. The number of esters is 2. The van der Waals surface area contributed by atoms with Crippen LogP contribution in [-0.4, -0.2) is 143 Å². The predicted octanol–water partition coefficient (Wildman–Crippen LogP) is 14.9. The van der Waals surface area contributed by atoms with Crippen LogP contribution >= 0.6 is 0 Å². The summed E-state index contributed by atoms with van der Waals surface area (Å²) in [6.45, 7) is 19.2. The largest absolute Gasteiger partial charge is 0.493 e. The summed E-state index contributed by atoms with van der Waals surface area (Å²) in [5.74, 6) is -0.224. The van der Waals surface area contributed by atoms with Crippen LogP contribution in [0.25, 0.3) is 0 Å². The lowest BCUT2D eigenvalue weighted by Gasteiger charge is -2.24. The van der Waals surface area contributed by atoms with E-state index in [1.54, 1.807) is 71.6 Å². The third-order valence-electron chi connectivity index (χ3n) is 18.2. The minimum atomic E-state index is -0.627. The van der Waals surface area contributed by atoms with Crippen molar-refractivity contribution < 1.29 is 76.5 Å². The summed E-state index contributed by atoms with van der Waals surface area (Å²) in [6.07, 6.45) is 30.5. The van der Waals surface area contributed by atoms with Crippen LogP contribution in [0.5, 0.6) is 34.5 Å². The molecule has 0 aromatic heterocycles. The van der Waals surface area contributed by atoms with Gasteiger partial charge in [-0.1, -0.05) is 62.5 Å². The van der Waals surface area contributed by atoms with Crippen LogP contribution in [0.2, 0.25) is 0 Å². The van der Waals surface area contributed by atoms with Crippen LogP contribution in [0, 0.1) is 34.1 Å². The Balaban J connectivity index is 0.000000297. The number of nitro groups is 2. The number of amides is 4. The zero-order valence-electron chi connectivity index (χ0n) is 62.8. The van der Waals surface area contributed by atoms with E-state index < -0.39 is 45.3 Å². The van der Waals surface area contributed by atoms with Crippen molar-refractivity contribution >= 4 is 58.3 Å². The van der Waals surface area contributed by atoms with Gasteiger partial charge in [-0.15, -0.1) is 0 Å². The average molecular weight is 1460 g/mol. The van der Waals surface area contributed by atoms with Gasteiger partial charge in [0.15, 0.2) is 23.0 Å². The summed E-state index contributed by atoms with van der Waals surface area (Å²) < 4.78 is 45.2. The SMILES string of the molecule is C/C=C/C1=CN(C(=O)c2cc(OC)c(OCCCCCOc3cc(N)c(C(=O)N4C=C(/C=C/C)CC4COC(C)=O)cc3C)cc2N)C(CC)C1.C/C=C/C1=CN(C(=O)c2cc(OC)c(OCCCCCOc3cc([N+](=O)[O-])c(C(=O)N4C=C(/C=C/C)CC4COC(C)=O)cc3C)cc2[N+](=O)[O-])C(CC)C1. The molecule has 0 saturated heterocycles. The van der Waals surface area contributed by atoms with Gasteiger partial charge < -0.3 is 69.0 Å². The molecule has 4 heterocycles. The molecule has 8 rings (SSSR count). The summed E-state index contributed by atoms with van der Waals surface area (Å²) in [6, 6.07) is 11.2. The number of ether oxygens (including phenoxy) is 8. The monoisotopic (exact) mass is 1460 g/mol. The highest BCUT2D eigenvalue weighted by molar-refractivity contribution is 6.03. The quantitative estimate of drug-likeness (QED) is 0.0144. The second kappa shape index (κ2) is 39.6. The number of anilines is 2. The molecule has 4 aromatic carbocycles. The van der Waals surface area contributed by atoms with Gasteiger partial charge in [0.2, 0.25) is 0 Å². The topological polar surface area (TPSA) is 328 Å². The third-order valence-corrected chi connectivity index (χ3v) is 18.2. The highest BCUT2D eigenvalue weighted by Gasteiger charge is 2.37. The lowest BCUT2D eigenvalue weighted by atomic mass is 10.1. The number of unbranched alkanes of at least 4 members (excludes halogenated alkanes) is 4. The zero-order chi connectivity index (χ0) is 77.3. The van der Waals surface area contributed by atoms with Gasteiger partial charge in [0.25, 0.3) is 35.0 Å². The molecular formula is C80H100N8O18. The smallest absolute Gasteiger partial charge is 0.302 e. The van der Waals surface area contributed by atoms with E-state index in [0.29, 0.717) is 103 Å². The average Bonchev–Trinajstić information content (AvgIpc) is 1.43. The molecule has 0 fully saturated rings. The van der Waals surface area contributed by atoms with Gasteiger partial charge in [0, 0.05) is 80.3 Å². The Morgan fingerprint density at radius 2 is 0.726 bits per heavy atom. The molecule has 4 aliphatic rings. The molecule has 4 aromatic rings. The maximum Gasteiger partial charge on any atom is 0.302 e. The summed E-state index contributed by atoms with van der Waals surface area (Å²) in [5.41, 5.74) is 18.3. The number of carbonyl (C=O) groups is 6. The van der Waals surface area contributed by atoms with Crippen LogP contribution in [0.1, 0.15) is 185 Å². The minimum absolute atomic E-state index is 0.0487. The number of hydrogen-bond donors (Lipinski definition) is 2. The number of nitrogen functional groups attached to an aromatic ring is 2. The normalized spacial score (nSPS) is 16.9. The number of allylic oxidation sites excluding steroid dienone is 8. The standard InChI is InChI=1S/C40H48N4O11.C40H52N4O7/c1-7-13-28-18-30(9-3)41(23-28)40(47)33-20-37(52-6)38(22-35(33)44(50)51)54-16-12-10-11-15-53-36-21-34(43(48)49)32(17-26(36)4)39(46)42-24-29(14-8-2)19-31(42)25-55-27(5)45;1-7-13-28-18-30(9-3)43(23-28)40(47)33-20-37(48-6)38(22-35(33)42)50-16-12-10-11-15-49-36-21-34(41)32(17-26(36)4)39(46)44-24-29(14-8-2)19-31(44)25-51-27(5)45/h7-8,13-14,17,20-24,30-31H,9-12,15-16,18-19,25H2,1-6H3;7-8,13-14,17,20-24,30-31H,9-12,15-16,18-19,25,41-42H2,1-6H3/b2*13-7+,14-8+. The molecular weight excluding hydrogens is 1360 g/mol. The van der Waals surface area contributed by atoms with Gasteiger partial charge in [-0.2, -0.15) is 0 Å². The minimum Gasteiger partial charge on any atom is -0.493 e. The molecule has 26 heteroatoms. The molecule has 106 heavy (non-hydrogen) atoms. The summed E-state index contributed by atoms with van der Waals surface area (Å²) >= 11 is 0. The lowest BCUT2D eigenvalue weighted by molar-refractivity contribution is -0.385. The summed E-state index contributed by atoms with van der Waals surface area (Å²) in [4.78, 5) is 106. The zero-order valence-corrected chi connectivity index (χ0v) is 62.8. The number of nitro benzene ring substituents is 2. The van der Waals surface area contributed by atoms with Gasteiger partial charge in [0.1, 0.15) is 35.8 Å². The molecule has 4 atom stereocenters. The van der Waals surface area contributed by atoms with Crippen LogP contribution in [-0.2, 0) is 19.1 Å². The van der Waals surface area contributed by atoms with E-state index >= 15 is 0 Å². The first-order chi connectivity index (χ1) is 50.8. The van der Waals surface area contributed by atoms with Crippen LogP contribution in [0.15, 0.2) is 144 Å². The van der Waals surface area contributed by atoms with Crippen molar-refractivity contribution in [1.29, 1.82) is 0 Å². The highest BCUT2D eigenvalue weighted by atomic mass is 16.6. The fourth-order valence-corrected chi connectivity index (χ4v) is 12.8. The molecule has 4 amide bonds. The van der Waals surface area contributed by atoms with Crippen molar-refractivity contribution in [2.45, 2.75) is 170 Å². The van der Waals surface area contributed by atoms with Crippen LogP contribution in [0.4, 0.5) is 22.7 Å². The van der Waals surface area contributed by atoms with Crippen molar-refractivity contribution in [3.63, 3.8) is 0 Å². The van der Waals surface area contributed by atoms with Crippen molar-refractivity contribution in [2.24, 2.45) is 0 Å². The number of nitrogens with zero attached hydrogens (tertiary/aromatic N) is 6. The van der Waals surface area contributed by atoms with E-state index in [1.807, 2.05) is 96.4 Å². The number of carbonyl (C=O) groups excluding carboxylic acids is 6. The number of benzene rings is 4. The number of rotatable bonds is 34. The first-order valence-electron chi connectivity index (χ1n) is 35.8. The van der Waals surface area contributed by atoms with Gasteiger partial charge in [0.05, 0.1) is 85.8 Å². The number of hydrogen-bond acceptors (Lipinski definition) is 20. The van der Waals surface area contributed by atoms with Gasteiger partial charge in [-0.05, 0) is 170 Å². The molecule has 0 spiro atoms. The maximum atomic E-state index is 13.6. The van der Waals surface area contributed by atoms with Gasteiger partial charge in [-0.3, -0.25) is 49.0 Å². The predicted molar refractivity (Wildman–Crippen MR) is 404 cm³/mol. The Labute approximate surface area is 619 Å². The maximum absolute atomic E-state index is 13.6.